The van der Waals surface area contributed by atoms with Gasteiger partial charge in [-0.15, -0.1) is 0 Å². The van der Waals surface area contributed by atoms with Gasteiger partial charge in [-0.25, -0.2) is 8.78 Å². The van der Waals surface area contributed by atoms with Crippen LogP contribution in [0.5, 0.6) is 0 Å². The average molecular weight is 283 g/mol. The maximum atomic E-state index is 13.8. The van der Waals surface area contributed by atoms with Crippen molar-refractivity contribution in [1.29, 1.82) is 0 Å². The first-order valence-electron chi connectivity index (χ1n) is 7.39. The van der Waals surface area contributed by atoms with E-state index in [2.05, 4.69) is 33.0 Å². The van der Waals surface area contributed by atoms with Crippen molar-refractivity contribution in [3.63, 3.8) is 0 Å². The van der Waals surface area contributed by atoms with Crippen LogP contribution in [0.25, 0.3) is 0 Å². The molecule has 0 aliphatic rings. The number of aryl methyl sites for hydroxylation is 2. The zero-order chi connectivity index (χ0) is 15.3. The molecule has 1 rings (SSSR count). The Hall–Kier alpha value is -0.960. The summed E-state index contributed by atoms with van der Waals surface area (Å²) in [6.45, 7) is 11.1. The molecule has 0 aromatic heterocycles. The van der Waals surface area contributed by atoms with E-state index in [1.807, 2.05) is 0 Å². The number of benzene rings is 1. The van der Waals surface area contributed by atoms with Crippen LogP contribution in [0.3, 0.4) is 0 Å². The topological polar surface area (TPSA) is 12.0 Å². The molecule has 0 amide bonds. The number of halogens is 2. The molecule has 0 atom stereocenters. The first-order chi connectivity index (χ1) is 9.21. The molecule has 1 N–H and O–H groups in total. The summed E-state index contributed by atoms with van der Waals surface area (Å²) in [4.78, 5) is 0. The first-order valence-corrected chi connectivity index (χ1v) is 7.39. The summed E-state index contributed by atoms with van der Waals surface area (Å²) in [6.07, 6.45) is 2.46. The number of rotatable bonds is 7. The standard InChI is InChI=1S/C17H27F2N/c1-12(2)20-9-8-17(4,5)7-6-14-11-15(18)13(3)10-16(14)19/h10-12,20H,6-9H2,1-5H3. The van der Waals surface area contributed by atoms with Gasteiger partial charge in [-0.05, 0) is 61.4 Å². The van der Waals surface area contributed by atoms with Gasteiger partial charge in [-0.3, -0.25) is 0 Å². The molecule has 1 nitrogen and oxygen atoms in total. The van der Waals surface area contributed by atoms with Crippen LogP contribution in [-0.4, -0.2) is 12.6 Å². The minimum atomic E-state index is -0.319. The van der Waals surface area contributed by atoms with Crippen molar-refractivity contribution in [1.82, 2.24) is 5.32 Å². The summed E-state index contributed by atoms with van der Waals surface area (Å²) in [5, 5.41) is 3.39. The van der Waals surface area contributed by atoms with Crippen LogP contribution in [-0.2, 0) is 6.42 Å². The lowest BCUT2D eigenvalue weighted by atomic mass is 9.83. The SMILES string of the molecule is Cc1cc(F)c(CCC(C)(C)CCNC(C)C)cc1F. The van der Waals surface area contributed by atoms with Crippen molar-refractivity contribution in [2.45, 2.75) is 59.9 Å². The molecule has 0 bridgehead atoms. The second-order valence-electron chi connectivity index (χ2n) is 6.72. The normalized spacial score (nSPS) is 12.2. The molecule has 0 saturated heterocycles. The fraction of sp³-hybridized carbons (Fsp3) is 0.647. The number of hydrogen-bond acceptors (Lipinski definition) is 1. The fourth-order valence-electron chi connectivity index (χ4n) is 2.18. The molecular formula is C17H27F2N. The summed E-state index contributed by atoms with van der Waals surface area (Å²) in [7, 11) is 0. The summed E-state index contributed by atoms with van der Waals surface area (Å²) >= 11 is 0. The van der Waals surface area contributed by atoms with Crippen LogP contribution < -0.4 is 5.32 Å². The molecule has 114 valence electrons. The van der Waals surface area contributed by atoms with E-state index >= 15 is 0 Å². The summed E-state index contributed by atoms with van der Waals surface area (Å²) in [5.74, 6) is -0.610. The van der Waals surface area contributed by atoms with Gasteiger partial charge in [0.1, 0.15) is 11.6 Å². The van der Waals surface area contributed by atoms with Gasteiger partial charge in [0.05, 0.1) is 0 Å². The largest absolute Gasteiger partial charge is 0.315 e. The quantitative estimate of drug-likeness (QED) is 0.770. The van der Waals surface area contributed by atoms with E-state index in [4.69, 9.17) is 0 Å². The second kappa shape index (κ2) is 7.16. The average Bonchev–Trinajstić information content (AvgIpc) is 2.31. The minimum absolute atomic E-state index is 0.121. The second-order valence-corrected chi connectivity index (χ2v) is 6.72. The van der Waals surface area contributed by atoms with Crippen molar-refractivity contribution in [3.8, 4) is 0 Å². The van der Waals surface area contributed by atoms with Crippen LogP contribution in [0.1, 0.15) is 51.7 Å². The lowest BCUT2D eigenvalue weighted by Gasteiger charge is -2.25. The van der Waals surface area contributed by atoms with Crippen molar-refractivity contribution >= 4 is 0 Å². The summed E-state index contributed by atoms with van der Waals surface area (Å²) in [5.41, 5.74) is 0.972. The molecule has 0 unspecified atom stereocenters. The third-order valence-electron chi connectivity index (χ3n) is 3.75. The van der Waals surface area contributed by atoms with E-state index in [0.29, 0.717) is 23.6 Å². The summed E-state index contributed by atoms with van der Waals surface area (Å²) < 4.78 is 27.3. The van der Waals surface area contributed by atoms with Gasteiger partial charge in [-0.2, -0.15) is 0 Å². The van der Waals surface area contributed by atoms with Crippen LogP contribution >= 0.6 is 0 Å². The monoisotopic (exact) mass is 283 g/mol. The van der Waals surface area contributed by atoms with Gasteiger partial charge in [0.15, 0.2) is 0 Å². The molecular weight excluding hydrogens is 256 g/mol. The highest BCUT2D eigenvalue weighted by Gasteiger charge is 2.19. The van der Waals surface area contributed by atoms with E-state index in [1.165, 1.54) is 12.1 Å². The molecule has 0 aliphatic heterocycles. The predicted molar refractivity (Wildman–Crippen MR) is 81.0 cm³/mol. The molecule has 0 saturated carbocycles. The van der Waals surface area contributed by atoms with Crippen molar-refractivity contribution in [2.75, 3.05) is 6.54 Å². The van der Waals surface area contributed by atoms with Gasteiger partial charge in [0.25, 0.3) is 0 Å². The van der Waals surface area contributed by atoms with Crippen molar-refractivity contribution in [2.24, 2.45) is 5.41 Å². The van der Waals surface area contributed by atoms with E-state index in [9.17, 15) is 8.78 Å². The Morgan fingerprint density at radius 2 is 1.75 bits per heavy atom. The predicted octanol–water partition coefficient (Wildman–Crippen LogP) is 4.62. The highest BCUT2D eigenvalue weighted by atomic mass is 19.1. The Morgan fingerprint density at radius 1 is 1.10 bits per heavy atom. The van der Waals surface area contributed by atoms with Gasteiger partial charge in [0.2, 0.25) is 0 Å². The molecule has 20 heavy (non-hydrogen) atoms. The van der Waals surface area contributed by atoms with Gasteiger partial charge < -0.3 is 5.32 Å². The van der Waals surface area contributed by atoms with Gasteiger partial charge >= 0.3 is 0 Å². The molecule has 0 fully saturated rings. The Labute approximate surface area is 121 Å². The van der Waals surface area contributed by atoms with E-state index in [1.54, 1.807) is 6.92 Å². The Bertz CT molecular complexity index is 439. The molecule has 0 heterocycles. The van der Waals surface area contributed by atoms with E-state index in [0.717, 1.165) is 19.4 Å². The highest BCUT2D eigenvalue weighted by molar-refractivity contribution is 5.25. The third kappa shape index (κ3) is 5.58. The Kier molecular flexibility index (Phi) is 6.12. The van der Waals surface area contributed by atoms with Crippen molar-refractivity contribution < 1.29 is 8.78 Å². The van der Waals surface area contributed by atoms with Crippen LogP contribution in [0, 0.1) is 24.0 Å². The Balaban J connectivity index is 2.55. The van der Waals surface area contributed by atoms with Gasteiger partial charge in [0, 0.05) is 6.04 Å². The molecule has 0 spiro atoms. The zero-order valence-corrected chi connectivity index (χ0v) is 13.3. The highest BCUT2D eigenvalue weighted by Crippen LogP contribution is 2.27. The summed E-state index contributed by atoms with van der Waals surface area (Å²) in [6, 6.07) is 3.11. The minimum Gasteiger partial charge on any atom is -0.315 e. The van der Waals surface area contributed by atoms with Gasteiger partial charge in [-0.1, -0.05) is 27.7 Å². The molecule has 1 aromatic rings. The third-order valence-corrected chi connectivity index (χ3v) is 3.75. The number of nitrogens with one attached hydrogen (secondary N) is 1. The lowest BCUT2D eigenvalue weighted by molar-refractivity contribution is 0.297. The van der Waals surface area contributed by atoms with E-state index < -0.39 is 0 Å². The van der Waals surface area contributed by atoms with E-state index in [-0.39, 0.29) is 17.0 Å². The van der Waals surface area contributed by atoms with Crippen molar-refractivity contribution in [3.05, 3.63) is 34.9 Å². The molecule has 3 heteroatoms. The molecule has 0 radical (unpaired) electrons. The van der Waals surface area contributed by atoms with Crippen LogP contribution in [0.4, 0.5) is 8.78 Å². The first kappa shape index (κ1) is 17.1. The molecule has 1 aromatic carbocycles. The maximum absolute atomic E-state index is 13.8. The smallest absolute Gasteiger partial charge is 0.126 e. The zero-order valence-electron chi connectivity index (χ0n) is 13.3. The molecule has 0 aliphatic carbocycles. The van der Waals surface area contributed by atoms with Crippen LogP contribution in [0.2, 0.25) is 0 Å². The maximum Gasteiger partial charge on any atom is 0.126 e. The Morgan fingerprint density at radius 3 is 2.35 bits per heavy atom. The number of hydrogen-bond donors (Lipinski definition) is 1. The lowest BCUT2D eigenvalue weighted by Crippen LogP contribution is -2.28. The fourth-order valence-corrected chi connectivity index (χ4v) is 2.18. The van der Waals surface area contributed by atoms with Crippen LogP contribution in [0.15, 0.2) is 12.1 Å².